The molecule has 0 bridgehead atoms. The number of nitrogens with one attached hydrogen (secondary N) is 2. The number of imidazole rings is 1. The topological polar surface area (TPSA) is 89.2 Å². The zero-order valence-corrected chi connectivity index (χ0v) is 7.94. The van der Waals surface area contributed by atoms with Crippen LogP contribution < -0.4 is 10.6 Å². The fraction of sp³-hybridized carbons (Fsp3) is 0.111. The first kappa shape index (κ1) is 9.32. The van der Waals surface area contributed by atoms with Crippen LogP contribution in [-0.4, -0.2) is 28.2 Å². The number of H-pyrrole nitrogens is 2. The maximum Gasteiger partial charge on any atom is 0.411 e. The van der Waals surface area contributed by atoms with Crippen molar-refractivity contribution in [2.75, 3.05) is 11.9 Å². The molecule has 15 heavy (non-hydrogen) atoms. The highest BCUT2D eigenvalue weighted by Gasteiger charge is 2.09. The van der Waals surface area contributed by atoms with Gasteiger partial charge in [0.25, 0.3) is 0 Å². The summed E-state index contributed by atoms with van der Waals surface area (Å²) in [6, 6.07) is 4.88. The van der Waals surface area contributed by atoms with E-state index in [1.165, 1.54) is 7.05 Å². The SMILES string of the molecule is CN(C(=O)O)c1ccc2[nH]c(=O)[nH]c2c1. The van der Waals surface area contributed by atoms with E-state index in [4.69, 9.17) is 5.11 Å². The van der Waals surface area contributed by atoms with Crippen molar-refractivity contribution >= 4 is 22.8 Å². The van der Waals surface area contributed by atoms with Gasteiger partial charge in [-0.25, -0.2) is 9.59 Å². The second-order valence-electron chi connectivity index (χ2n) is 3.15. The first-order valence-corrected chi connectivity index (χ1v) is 4.26. The van der Waals surface area contributed by atoms with Gasteiger partial charge < -0.3 is 15.1 Å². The van der Waals surface area contributed by atoms with Crippen molar-refractivity contribution in [3.63, 3.8) is 0 Å². The predicted octanol–water partition coefficient (Wildman–Crippen LogP) is 0.970. The third-order valence-electron chi connectivity index (χ3n) is 2.17. The number of anilines is 1. The van der Waals surface area contributed by atoms with Crippen molar-refractivity contribution in [3.8, 4) is 0 Å². The normalized spacial score (nSPS) is 10.5. The smallest absolute Gasteiger partial charge is 0.411 e. The molecule has 0 atom stereocenters. The molecule has 0 saturated heterocycles. The summed E-state index contributed by atoms with van der Waals surface area (Å²) in [6.07, 6.45) is -1.05. The second-order valence-corrected chi connectivity index (χ2v) is 3.15. The molecule has 1 aromatic heterocycles. The molecule has 1 heterocycles. The Morgan fingerprint density at radius 2 is 2.00 bits per heavy atom. The molecular formula is C9H9N3O3. The minimum Gasteiger partial charge on any atom is -0.465 e. The number of hydrogen-bond acceptors (Lipinski definition) is 2. The highest BCUT2D eigenvalue weighted by atomic mass is 16.4. The standard InChI is InChI=1S/C9H9N3O3/c1-12(9(14)15)5-2-3-6-7(4-5)11-8(13)10-6/h2-4H,1H3,(H,14,15)(H2,10,11,13). The van der Waals surface area contributed by atoms with Gasteiger partial charge in [0.2, 0.25) is 0 Å². The Balaban J connectivity index is 2.55. The van der Waals surface area contributed by atoms with Gasteiger partial charge in [-0.2, -0.15) is 0 Å². The summed E-state index contributed by atoms with van der Waals surface area (Å²) >= 11 is 0. The number of hydrogen-bond donors (Lipinski definition) is 3. The molecule has 6 nitrogen and oxygen atoms in total. The lowest BCUT2D eigenvalue weighted by Gasteiger charge is -2.12. The van der Waals surface area contributed by atoms with E-state index in [9.17, 15) is 9.59 Å². The minimum absolute atomic E-state index is 0.305. The van der Waals surface area contributed by atoms with E-state index in [-0.39, 0.29) is 5.69 Å². The molecule has 0 unspecified atom stereocenters. The molecule has 1 aromatic carbocycles. The molecule has 0 aliphatic heterocycles. The molecule has 6 heteroatoms. The van der Waals surface area contributed by atoms with Gasteiger partial charge in [-0.3, -0.25) is 4.90 Å². The number of fused-ring (bicyclic) bond motifs is 1. The molecule has 78 valence electrons. The third-order valence-corrected chi connectivity index (χ3v) is 2.17. The van der Waals surface area contributed by atoms with E-state index < -0.39 is 6.09 Å². The quantitative estimate of drug-likeness (QED) is 0.650. The molecule has 2 aromatic rings. The van der Waals surface area contributed by atoms with E-state index >= 15 is 0 Å². The number of carbonyl (C=O) groups is 1. The van der Waals surface area contributed by atoms with Crippen molar-refractivity contribution in [1.82, 2.24) is 9.97 Å². The molecular weight excluding hydrogens is 198 g/mol. The number of aromatic nitrogens is 2. The van der Waals surface area contributed by atoms with Crippen molar-refractivity contribution in [1.29, 1.82) is 0 Å². The molecule has 0 aliphatic carbocycles. The Bertz CT molecular complexity index is 569. The summed E-state index contributed by atoms with van der Waals surface area (Å²) in [5.74, 6) is 0. The summed E-state index contributed by atoms with van der Waals surface area (Å²) in [4.78, 5) is 27.9. The van der Waals surface area contributed by atoms with E-state index in [1.54, 1.807) is 18.2 Å². The maximum absolute atomic E-state index is 11.0. The van der Waals surface area contributed by atoms with Crippen molar-refractivity contribution in [3.05, 3.63) is 28.7 Å². The zero-order chi connectivity index (χ0) is 11.0. The second kappa shape index (κ2) is 3.16. The average Bonchev–Trinajstić information content (AvgIpc) is 2.55. The predicted molar refractivity (Wildman–Crippen MR) is 55.3 cm³/mol. The lowest BCUT2D eigenvalue weighted by atomic mass is 10.2. The van der Waals surface area contributed by atoms with Gasteiger partial charge >= 0.3 is 11.8 Å². The van der Waals surface area contributed by atoms with Crippen LogP contribution in [0, 0.1) is 0 Å². The fourth-order valence-corrected chi connectivity index (χ4v) is 1.34. The fourth-order valence-electron chi connectivity index (χ4n) is 1.34. The first-order chi connectivity index (χ1) is 7.08. The van der Waals surface area contributed by atoms with Crippen LogP contribution in [0.15, 0.2) is 23.0 Å². The molecule has 0 spiro atoms. The van der Waals surface area contributed by atoms with Gasteiger partial charge in [0.15, 0.2) is 0 Å². The highest BCUT2D eigenvalue weighted by Crippen LogP contribution is 2.17. The average molecular weight is 207 g/mol. The van der Waals surface area contributed by atoms with E-state index in [1.807, 2.05) is 0 Å². The van der Waals surface area contributed by atoms with Crippen LogP contribution in [0.25, 0.3) is 11.0 Å². The molecule has 1 amide bonds. The van der Waals surface area contributed by atoms with Crippen LogP contribution >= 0.6 is 0 Å². The highest BCUT2D eigenvalue weighted by molar-refractivity contribution is 5.89. The van der Waals surface area contributed by atoms with Crippen molar-refractivity contribution in [2.24, 2.45) is 0 Å². The number of amides is 1. The Morgan fingerprint density at radius 1 is 1.33 bits per heavy atom. The number of rotatable bonds is 1. The Kier molecular flexibility index (Phi) is 1.96. The van der Waals surface area contributed by atoms with Crippen LogP contribution in [0.3, 0.4) is 0 Å². The number of carboxylic acid groups (broad SMARTS) is 1. The molecule has 0 radical (unpaired) electrons. The van der Waals surface area contributed by atoms with Gasteiger partial charge in [-0.15, -0.1) is 0 Å². The lowest BCUT2D eigenvalue weighted by molar-refractivity contribution is 0.203. The molecule has 3 N–H and O–H groups in total. The summed E-state index contributed by atoms with van der Waals surface area (Å²) in [5.41, 5.74) is 1.44. The van der Waals surface area contributed by atoms with Crippen LogP contribution in [0.1, 0.15) is 0 Å². The van der Waals surface area contributed by atoms with E-state index in [0.717, 1.165) is 4.90 Å². The van der Waals surface area contributed by atoms with Gasteiger partial charge in [0, 0.05) is 12.7 Å². The van der Waals surface area contributed by atoms with Crippen molar-refractivity contribution < 1.29 is 9.90 Å². The monoisotopic (exact) mass is 207 g/mol. The molecule has 0 fully saturated rings. The van der Waals surface area contributed by atoms with Crippen LogP contribution in [0.2, 0.25) is 0 Å². The Labute approximate surface area is 84.1 Å². The number of nitrogens with zero attached hydrogens (tertiary/aromatic N) is 1. The molecule has 0 aliphatic rings. The first-order valence-electron chi connectivity index (χ1n) is 4.26. The van der Waals surface area contributed by atoms with Gasteiger partial charge in [-0.05, 0) is 18.2 Å². The van der Waals surface area contributed by atoms with Crippen molar-refractivity contribution in [2.45, 2.75) is 0 Å². The molecule has 2 rings (SSSR count). The minimum atomic E-state index is -1.05. The van der Waals surface area contributed by atoms with Crippen LogP contribution in [0.4, 0.5) is 10.5 Å². The van der Waals surface area contributed by atoms with Crippen LogP contribution in [0.5, 0.6) is 0 Å². The summed E-state index contributed by atoms with van der Waals surface area (Å²) in [6.45, 7) is 0. The lowest BCUT2D eigenvalue weighted by Crippen LogP contribution is -2.23. The van der Waals surface area contributed by atoms with E-state index in [0.29, 0.717) is 16.7 Å². The summed E-state index contributed by atoms with van der Waals surface area (Å²) < 4.78 is 0. The maximum atomic E-state index is 11.0. The summed E-state index contributed by atoms with van der Waals surface area (Å²) in [5, 5.41) is 8.76. The zero-order valence-electron chi connectivity index (χ0n) is 7.94. The Morgan fingerprint density at radius 3 is 2.67 bits per heavy atom. The van der Waals surface area contributed by atoms with Gasteiger partial charge in [-0.1, -0.05) is 0 Å². The number of aromatic amines is 2. The van der Waals surface area contributed by atoms with E-state index in [2.05, 4.69) is 9.97 Å². The number of benzene rings is 1. The van der Waals surface area contributed by atoms with Gasteiger partial charge in [0.1, 0.15) is 0 Å². The Hall–Kier alpha value is -2.24. The largest absolute Gasteiger partial charge is 0.465 e. The van der Waals surface area contributed by atoms with Gasteiger partial charge in [0.05, 0.1) is 11.0 Å². The molecule has 0 saturated carbocycles. The summed E-state index contributed by atoms with van der Waals surface area (Å²) in [7, 11) is 1.44. The van der Waals surface area contributed by atoms with Crippen LogP contribution in [-0.2, 0) is 0 Å². The third kappa shape index (κ3) is 1.56.